The van der Waals surface area contributed by atoms with Crippen LogP contribution in [0.2, 0.25) is 0 Å². The van der Waals surface area contributed by atoms with Gasteiger partial charge in [0.05, 0.1) is 32.4 Å². The maximum absolute atomic E-state index is 12.6. The number of methoxy groups -OCH3 is 1. The summed E-state index contributed by atoms with van der Waals surface area (Å²) in [5, 5.41) is 3.87. The van der Waals surface area contributed by atoms with Crippen molar-refractivity contribution in [3.8, 4) is 0 Å². The molecule has 0 aromatic carbocycles. The summed E-state index contributed by atoms with van der Waals surface area (Å²) in [5.74, 6) is 0.361. The first-order chi connectivity index (χ1) is 10.5. The monoisotopic (exact) mass is 308 g/mol. The number of hydrogen-bond donors (Lipinski definition) is 0. The van der Waals surface area contributed by atoms with Gasteiger partial charge in [-0.25, -0.2) is 0 Å². The molecule has 1 aromatic rings. The van der Waals surface area contributed by atoms with Crippen molar-refractivity contribution in [1.82, 2.24) is 10.1 Å². The Labute approximate surface area is 128 Å². The van der Waals surface area contributed by atoms with Crippen LogP contribution in [0.25, 0.3) is 0 Å². The summed E-state index contributed by atoms with van der Waals surface area (Å²) in [6.07, 6.45) is 0.242. The van der Waals surface area contributed by atoms with Gasteiger partial charge in [0, 0.05) is 24.6 Å². The highest BCUT2D eigenvalue weighted by Crippen LogP contribution is 2.42. The number of nitrogens with zero attached hydrogens (tertiary/aromatic N) is 2. The molecular weight excluding hydrogens is 288 g/mol. The largest absolute Gasteiger partial charge is 0.468 e. The van der Waals surface area contributed by atoms with Gasteiger partial charge in [0.15, 0.2) is 0 Å². The number of aryl methyl sites for hydroxylation is 2. The predicted octanol–water partition coefficient (Wildman–Crippen LogP) is 0.482. The van der Waals surface area contributed by atoms with Crippen molar-refractivity contribution in [3.63, 3.8) is 0 Å². The third kappa shape index (κ3) is 2.20. The number of hydrogen-bond acceptors (Lipinski definition) is 6. The van der Waals surface area contributed by atoms with Crippen molar-refractivity contribution in [1.29, 1.82) is 0 Å². The molecule has 2 aliphatic heterocycles. The van der Waals surface area contributed by atoms with Crippen LogP contribution in [0.4, 0.5) is 0 Å². The average Bonchev–Trinajstić information content (AvgIpc) is 3.14. The van der Waals surface area contributed by atoms with Gasteiger partial charge < -0.3 is 18.9 Å². The molecular formula is C15H20N2O5. The van der Waals surface area contributed by atoms with Crippen LogP contribution in [0, 0.1) is 25.2 Å². The molecule has 1 aromatic heterocycles. The molecule has 7 nitrogen and oxygen atoms in total. The van der Waals surface area contributed by atoms with Crippen molar-refractivity contribution >= 4 is 11.9 Å². The molecule has 0 N–H and O–H groups in total. The maximum Gasteiger partial charge on any atom is 0.316 e. The molecule has 120 valence electrons. The lowest BCUT2D eigenvalue weighted by Gasteiger charge is -2.23. The Morgan fingerprint density at radius 3 is 2.86 bits per heavy atom. The van der Waals surface area contributed by atoms with Gasteiger partial charge in [-0.1, -0.05) is 5.16 Å². The first-order valence-electron chi connectivity index (χ1n) is 7.33. The van der Waals surface area contributed by atoms with E-state index in [0.717, 1.165) is 11.3 Å². The topological polar surface area (TPSA) is 81.9 Å². The maximum atomic E-state index is 12.6. The molecule has 0 spiro atoms. The molecule has 0 bridgehead atoms. The van der Waals surface area contributed by atoms with Gasteiger partial charge in [-0.15, -0.1) is 0 Å². The zero-order valence-electron chi connectivity index (χ0n) is 13.0. The standard InChI is InChI=1S/C15H20N2O5/c1-9-12(10(2)22-16-9)4-13(18)17-5-11-6-21-8-15(11,7-17)14(19)20-3/h11H,4-8H2,1-3H3/t11-,15-/m0/s1. The van der Waals surface area contributed by atoms with Crippen LogP contribution in [-0.4, -0.2) is 55.3 Å². The molecule has 2 fully saturated rings. The molecule has 22 heavy (non-hydrogen) atoms. The number of likely N-dealkylation sites (tertiary alicyclic amines) is 1. The number of esters is 1. The number of amides is 1. The zero-order valence-corrected chi connectivity index (χ0v) is 13.0. The SMILES string of the molecule is COC(=O)[C@@]12COC[C@@H]1CN(C(=O)Cc1c(C)noc1C)C2. The first kappa shape index (κ1) is 15.0. The second-order valence-corrected chi connectivity index (χ2v) is 6.11. The number of ether oxygens (including phenoxy) is 2. The van der Waals surface area contributed by atoms with Crippen LogP contribution in [0.15, 0.2) is 4.52 Å². The Bertz CT molecular complexity index is 592. The molecule has 7 heteroatoms. The Morgan fingerprint density at radius 2 is 2.23 bits per heavy atom. The minimum absolute atomic E-state index is 0.00793. The van der Waals surface area contributed by atoms with Crippen LogP contribution in [-0.2, 0) is 25.5 Å². The Morgan fingerprint density at radius 1 is 1.45 bits per heavy atom. The molecule has 3 heterocycles. The number of fused-ring (bicyclic) bond motifs is 1. The summed E-state index contributed by atoms with van der Waals surface area (Å²) in [6, 6.07) is 0. The molecule has 1 amide bonds. The summed E-state index contributed by atoms with van der Waals surface area (Å²) in [4.78, 5) is 26.4. The second kappa shape index (κ2) is 5.39. The third-order valence-corrected chi connectivity index (χ3v) is 4.83. The van der Waals surface area contributed by atoms with Gasteiger partial charge in [-0.3, -0.25) is 9.59 Å². The molecule has 0 unspecified atom stereocenters. The summed E-state index contributed by atoms with van der Waals surface area (Å²) >= 11 is 0. The van der Waals surface area contributed by atoms with E-state index in [-0.39, 0.29) is 24.2 Å². The van der Waals surface area contributed by atoms with E-state index in [1.807, 2.05) is 6.92 Å². The smallest absolute Gasteiger partial charge is 0.316 e. The van der Waals surface area contributed by atoms with E-state index < -0.39 is 5.41 Å². The van der Waals surface area contributed by atoms with Gasteiger partial charge in [0.2, 0.25) is 5.91 Å². The van der Waals surface area contributed by atoms with Crippen LogP contribution in [0.1, 0.15) is 17.0 Å². The van der Waals surface area contributed by atoms with Crippen LogP contribution >= 0.6 is 0 Å². The molecule has 0 saturated carbocycles. The van der Waals surface area contributed by atoms with E-state index in [2.05, 4.69) is 5.16 Å². The third-order valence-electron chi connectivity index (χ3n) is 4.83. The van der Waals surface area contributed by atoms with E-state index in [9.17, 15) is 9.59 Å². The van der Waals surface area contributed by atoms with E-state index in [0.29, 0.717) is 32.1 Å². The van der Waals surface area contributed by atoms with E-state index in [1.165, 1.54) is 7.11 Å². The summed E-state index contributed by atoms with van der Waals surface area (Å²) in [6.45, 7) is 5.31. The lowest BCUT2D eigenvalue weighted by atomic mass is 9.81. The predicted molar refractivity (Wildman–Crippen MR) is 75.0 cm³/mol. The van der Waals surface area contributed by atoms with Gasteiger partial charge in [-0.05, 0) is 13.8 Å². The lowest BCUT2D eigenvalue weighted by Crippen LogP contribution is -2.41. The van der Waals surface area contributed by atoms with Crippen molar-refractivity contribution < 1.29 is 23.6 Å². The van der Waals surface area contributed by atoms with Crippen molar-refractivity contribution in [2.45, 2.75) is 20.3 Å². The fourth-order valence-electron chi connectivity index (χ4n) is 3.43. The molecule has 0 aliphatic carbocycles. The average molecular weight is 308 g/mol. The Kier molecular flexibility index (Phi) is 3.68. The molecule has 2 aliphatic rings. The molecule has 2 saturated heterocycles. The highest BCUT2D eigenvalue weighted by molar-refractivity contribution is 5.83. The van der Waals surface area contributed by atoms with E-state index in [1.54, 1.807) is 11.8 Å². The quantitative estimate of drug-likeness (QED) is 0.756. The fourth-order valence-corrected chi connectivity index (χ4v) is 3.43. The number of aromatic nitrogens is 1. The number of carbonyl (C=O) groups is 2. The van der Waals surface area contributed by atoms with E-state index in [4.69, 9.17) is 14.0 Å². The molecule has 0 radical (unpaired) electrons. The summed E-state index contributed by atoms with van der Waals surface area (Å²) < 4.78 is 15.5. The highest BCUT2D eigenvalue weighted by Gasteiger charge is 2.57. The minimum atomic E-state index is -0.705. The van der Waals surface area contributed by atoms with Gasteiger partial charge >= 0.3 is 5.97 Å². The summed E-state index contributed by atoms with van der Waals surface area (Å²) in [7, 11) is 1.38. The Balaban J connectivity index is 1.75. The Hall–Kier alpha value is -1.89. The first-order valence-corrected chi connectivity index (χ1v) is 7.33. The van der Waals surface area contributed by atoms with E-state index >= 15 is 0 Å². The molecule has 3 rings (SSSR count). The highest BCUT2D eigenvalue weighted by atomic mass is 16.5. The fraction of sp³-hybridized carbons (Fsp3) is 0.667. The van der Waals surface area contributed by atoms with Gasteiger partial charge in [0.25, 0.3) is 0 Å². The lowest BCUT2D eigenvalue weighted by molar-refractivity contribution is -0.153. The molecule has 2 atom stereocenters. The van der Waals surface area contributed by atoms with Gasteiger partial charge in [0.1, 0.15) is 11.2 Å². The summed E-state index contributed by atoms with van der Waals surface area (Å²) in [5.41, 5.74) is 0.852. The van der Waals surface area contributed by atoms with Crippen molar-refractivity contribution in [2.75, 3.05) is 33.4 Å². The normalized spacial score (nSPS) is 27.0. The number of carbonyl (C=O) groups excluding carboxylic acids is 2. The van der Waals surface area contributed by atoms with Crippen molar-refractivity contribution in [3.05, 3.63) is 17.0 Å². The second-order valence-electron chi connectivity index (χ2n) is 6.11. The minimum Gasteiger partial charge on any atom is -0.468 e. The van der Waals surface area contributed by atoms with Crippen molar-refractivity contribution in [2.24, 2.45) is 11.3 Å². The van der Waals surface area contributed by atoms with Crippen LogP contribution in [0.3, 0.4) is 0 Å². The van der Waals surface area contributed by atoms with Crippen LogP contribution in [0.5, 0.6) is 0 Å². The van der Waals surface area contributed by atoms with Gasteiger partial charge in [-0.2, -0.15) is 0 Å². The van der Waals surface area contributed by atoms with Crippen LogP contribution < -0.4 is 0 Å². The number of rotatable bonds is 3. The zero-order chi connectivity index (χ0) is 15.9.